The molecule has 21 heavy (non-hydrogen) atoms. The normalized spacial score (nSPS) is 15.6. The van der Waals surface area contributed by atoms with Crippen LogP contribution in [0.4, 0.5) is 13.2 Å². The van der Waals surface area contributed by atoms with Crippen LogP contribution in [-0.2, 0) is 5.60 Å². The predicted molar refractivity (Wildman–Crippen MR) is 73.3 cm³/mol. The van der Waals surface area contributed by atoms with Gasteiger partial charge in [-0.25, -0.2) is 0 Å². The summed E-state index contributed by atoms with van der Waals surface area (Å²) < 4.78 is 39.3. The molecule has 1 aromatic rings. The lowest BCUT2D eigenvalue weighted by Gasteiger charge is -2.30. The number of alkyl halides is 3. The van der Waals surface area contributed by atoms with Gasteiger partial charge < -0.3 is 15.3 Å². The molecule has 0 saturated carbocycles. The lowest BCUT2D eigenvalue weighted by Crippen LogP contribution is -2.45. The topological polar surface area (TPSA) is 60.7 Å². The van der Waals surface area contributed by atoms with E-state index in [0.717, 1.165) is 12.1 Å². The van der Waals surface area contributed by atoms with Gasteiger partial charge in [-0.15, -0.1) is 0 Å². The second-order valence-corrected chi connectivity index (χ2v) is 5.83. The third-order valence-corrected chi connectivity index (χ3v) is 3.59. The van der Waals surface area contributed by atoms with Crippen molar-refractivity contribution in [1.82, 2.24) is 0 Å². The Morgan fingerprint density at radius 3 is 1.62 bits per heavy atom. The maximum Gasteiger partial charge on any atom is 0.423 e. The van der Waals surface area contributed by atoms with Gasteiger partial charge in [-0.05, 0) is 40.7 Å². The van der Waals surface area contributed by atoms with Crippen molar-refractivity contribution in [3.05, 3.63) is 28.8 Å². The lowest BCUT2D eigenvalue weighted by molar-refractivity contribution is -0.277. The van der Waals surface area contributed by atoms with Crippen molar-refractivity contribution in [2.45, 2.75) is 51.3 Å². The van der Waals surface area contributed by atoms with Gasteiger partial charge in [0, 0.05) is 0 Å². The average molecular weight is 306 g/mol. The van der Waals surface area contributed by atoms with E-state index in [1.807, 2.05) is 0 Å². The SMILES string of the molecule is CC(C)c1cc([C@@](O)(CO)C(F)(F)F)cc(C(C)C)c1O. The summed E-state index contributed by atoms with van der Waals surface area (Å²) in [6.45, 7) is 5.45. The number of aliphatic hydroxyl groups is 2. The van der Waals surface area contributed by atoms with Crippen molar-refractivity contribution < 1.29 is 28.5 Å². The summed E-state index contributed by atoms with van der Waals surface area (Å²) in [4.78, 5) is 0. The fourth-order valence-electron chi connectivity index (χ4n) is 2.14. The molecule has 0 unspecified atom stereocenters. The van der Waals surface area contributed by atoms with Crippen LogP contribution in [0.15, 0.2) is 12.1 Å². The van der Waals surface area contributed by atoms with Crippen LogP contribution >= 0.6 is 0 Å². The molecule has 0 heterocycles. The second kappa shape index (κ2) is 5.85. The van der Waals surface area contributed by atoms with E-state index in [2.05, 4.69) is 0 Å². The number of halogens is 3. The Hall–Kier alpha value is -1.27. The Morgan fingerprint density at radius 1 is 1.00 bits per heavy atom. The molecule has 0 fully saturated rings. The zero-order chi connectivity index (χ0) is 16.6. The Kier molecular flexibility index (Phi) is 4.95. The van der Waals surface area contributed by atoms with Crippen LogP contribution in [0, 0.1) is 0 Å². The quantitative estimate of drug-likeness (QED) is 0.799. The third kappa shape index (κ3) is 3.16. The van der Waals surface area contributed by atoms with Crippen LogP contribution in [0.3, 0.4) is 0 Å². The molecular weight excluding hydrogens is 285 g/mol. The number of hydrogen-bond acceptors (Lipinski definition) is 3. The number of aliphatic hydroxyl groups excluding tert-OH is 1. The third-order valence-electron chi connectivity index (χ3n) is 3.59. The summed E-state index contributed by atoms with van der Waals surface area (Å²) in [6.07, 6.45) is -5.01. The molecule has 0 aliphatic rings. The van der Waals surface area contributed by atoms with Gasteiger partial charge in [-0.3, -0.25) is 0 Å². The molecule has 0 radical (unpaired) electrons. The highest BCUT2D eigenvalue weighted by atomic mass is 19.4. The Morgan fingerprint density at radius 2 is 1.38 bits per heavy atom. The molecular formula is C15H21F3O3. The first-order valence-electron chi connectivity index (χ1n) is 6.73. The zero-order valence-electron chi connectivity index (χ0n) is 12.5. The van der Waals surface area contributed by atoms with Gasteiger partial charge in [0.2, 0.25) is 5.60 Å². The average Bonchev–Trinajstić information content (AvgIpc) is 2.35. The fourth-order valence-corrected chi connectivity index (χ4v) is 2.14. The van der Waals surface area contributed by atoms with E-state index in [9.17, 15) is 23.4 Å². The molecule has 0 amide bonds. The molecule has 1 aromatic carbocycles. The van der Waals surface area contributed by atoms with E-state index in [1.54, 1.807) is 27.7 Å². The van der Waals surface area contributed by atoms with Crippen molar-refractivity contribution in [1.29, 1.82) is 0 Å². The molecule has 3 N–H and O–H groups in total. The molecule has 1 atom stereocenters. The van der Waals surface area contributed by atoms with Crippen LogP contribution in [0.1, 0.15) is 56.2 Å². The van der Waals surface area contributed by atoms with Gasteiger partial charge in [0.05, 0.1) is 6.61 Å². The van der Waals surface area contributed by atoms with E-state index in [4.69, 9.17) is 5.11 Å². The highest BCUT2D eigenvalue weighted by Gasteiger charge is 2.55. The van der Waals surface area contributed by atoms with Crippen LogP contribution in [-0.4, -0.2) is 28.1 Å². The summed E-state index contributed by atoms with van der Waals surface area (Å²) >= 11 is 0. The van der Waals surface area contributed by atoms with Gasteiger partial charge in [-0.1, -0.05) is 27.7 Å². The summed E-state index contributed by atoms with van der Waals surface area (Å²) in [7, 11) is 0. The van der Waals surface area contributed by atoms with Gasteiger partial charge in [0.15, 0.2) is 0 Å². The van der Waals surface area contributed by atoms with E-state index < -0.39 is 23.9 Å². The van der Waals surface area contributed by atoms with E-state index >= 15 is 0 Å². The molecule has 0 aliphatic carbocycles. The van der Waals surface area contributed by atoms with Crippen LogP contribution in [0.5, 0.6) is 5.75 Å². The Balaban J connectivity index is 3.64. The first-order chi connectivity index (χ1) is 9.45. The fraction of sp³-hybridized carbons (Fsp3) is 0.600. The smallest absolute Gasteiger partial charge is 0.423 e. The zero-order valence-corrected chi connectivity index (χ0v) is 12.5. The van der Waals surface area contributed by atoms with Crippen LogP contribution in [0.25, 0.3) is 0 Å². The molecule has 1 rings (SSSR count). The van der Waals surface area contributed by atoms with Crippen LogP contribution < -0.4 is 0 Å². The Bertz CT molecular complexity index is 480. The Labute approximate surface area is 122 Å². The standard InChI is InChI=1S/C15H21F3O3/c1-8(2)11-5-10(6-12(9(3)4)13(11)20)14(21,7-19)15(16,17)18/h5-6,8-9,19-21H,7H2,1-4H3/t14-/m0/s1. The molecule has 6 heteroatoms. The number of rotatable bonds is 4. The minimum Gasteiger partial charge on any atom is -0.507 e. The molecule has 120 valence electrons. The number of aromatic hydroxyl groups is 1. The van der Waals surface area contributed by atoms with Crippen molar-refractivity contribution in [3.63, 3.8) is 0 Å². The largest absolute Gasteiger partial charge is 0.507 e. The molecule has 0 aromatic heterocycles. The van der Waals surface area contributed by atoms with Gasteiger partial charge in [-0.2, -0.15) is 13.2 Å². The van der Waals surface area contributed by atoms with Crippen molar-refractivity contribution in [2.24, 2.45) is 0 Å². The van der Waals surface area contributed by atoms with Crippen molar-refractivity contribution in [2.75, 3.05) is 6.61 Å². The molecule has 0 spiro atoms. The summed E-state index contributed by atoms with van der Waals surface area (Å²) in [6, 6.07) is 2.21. The maximum absolute atomic E-state index is 13.1. The molecule has 0 saturated heterocycles. The number of hydrogen-bond donors (Lipinski definition) is 3. The number of benzene rings is 1. The summed E-state index contributed by atoms with van der Waals surface area (Å²) in [5.41, 5.74) is -3.17. The second-order valence-electron chi connectivity index (χ2n) is 5.83. The first-order valence-corrected chi connectivity index (χ1v) is 6.73. The number of phenols is 1. The highest BCUT2D eigenvalue weighted by molar-refractivity contribution is 5.48. The maximum atomic E-state index is 13.1. The lowest BCUT2D eigenvalue weighted by atomic mass is 9.85. The monoisotopic (exact) mass is 306 g/mol. The molecule has 0 aliphatic heterocycles. The minimum atomic E-state index is -5.01. The predicted octanol–water partition coefficient (Wildman–Crippen LogP) is 3.38. The van der Waals surface area contributed by atoms with Crippen molar-refractivity contribution in [3.8, 4) is 5.75 Å². The van der Waals surface area contributed by atoms with Crippen LogP contribution in [0.2, 0.25) is 0 Å². The minimum absolute atomic E-state index is 0.0637. The summed E-state index contributed by atoms with van der Waals surface area (Å²) in [5, 5.41) is 29.1. The van der Waals surface area contributed by atoms with E-state index in [-0.39, 0.29) is 17.6 Å². The van der Waals surface area contributed by atoms with Crippen molar-refractivity contribution >= 4 is 0 Å². The van der Waals surface area contributed by atoms with Gasteiger partial charge in [0.1, 0.15) is 5.75 Å². The van der Waals surface area contributed by atoms with E-state index in [1.165, 1.54) is 0 Å². The highest BCUT2D eigenvalue weighted by Crippen LogP contribution is 2.43. The molecule has 3 nitrogen and oxygen atoms in total. The summed E-state index contributed by atoms with van der Waals surface area (Å²) in [5.74, 6) is -0.511. The first kappa shape index (κ1) is 17.8. The molecule has 0 bridgehead atoms. The van der Waals surface area contributed by atoms with E-state index in [0.29, 0.717) is 11.1 Å². The van der Waals surface area contributed by atoms with Gasteiger partial charge in [0.25, 0.3) is 0 Å². The number of phenolic OH excluding ortho intramolecular Hbond substituents is 1. The van der Waals surface area contributed by atoms with Gasteiger partial charge >= 0.3 is 6.18 Å².